The molecule has 0 unspecified atom stereocenters. The number of aliphatic hydroxyl groups excluding tert-OH is 1. The predicted octanol–water partition coefficient (Wildman–Crippen LogP) is 1.92. The van der Waals surface area contributed by atoms with Crippen LogP contribution < -0.4 is 10.2 Å². The standard InChI is InChI=1S/C24H30F2N6O2/c1-15(33)32-5-4-21-22(14-32)28-23(27-18-11-19(34)12-18)24(29-21)31-8-6-30(7-9-31)13-16-2-3-17(25)10-20(16)26/h2-3,10,18-19,34H,4-9,11-14H2,1H3,(H,27,28). The molecule has 2 N–H and O–H groups in total. The number of piperazine rings is 1. The molecule has 1 amide bonds. The monoisotopic (exact) mass is 472 g/mol. The number of benzene rings is 1. The Hall–Kier alpha value is -2.85. The summed E-state index contributed by atoms with van der Waals surface area (Å²) in [5.41, 5.74) is 2.23. The molecule has 5 rings (SSSR count). The lowest BCUT2D eigenvalue weighted by Crippen LogP contribution is -2.47. The van der Waals surface area contributed by atoms with Gasteiger partial charge in [-0.15, -0.1) is 0 Å². The number of rotatable bonds is 5. The van der Waals surface area contributed by atoms with Crippen molar-refractivity contribution in [2.45, 2.75) is 51.4 Å². The number of halogens is 2. The molecule has 1 aromatic heterocycles. The molecular weight excluding hydrogens is 442 g/mol. The van der Waals surface area contributed by atoms with Gasteiger partial charge < -0.3 is 20.2 Å². The van der Waals surface area contributed by atoms with E-state index in [1.54, 1.807) is 11.8 Å². The molecule has 1 saturated heterocycles. The second-order valence-electron chi connectivity index (χ2n) is 9.45. The highest BCUT2D eigenvalue weighted by Crippen LogP contribution is 2.31. The van der Waals surface area contributed by atoms with Gasteiger partial charge in [0.1, 0.15) is 11.6 Å². The Balaban J connectivity index is 1.31. The lowest BCUT2D eigenvalue weighted by Gasteiger charge is -2.38. The zero-order chi connectivity index (χ0) is 23.8. The van der Waals surface area contributed by atoms with Gasteiger partial charge in [-0.2, -0.15) is 0 Å². The molecule has 2 aliphatic heterocycles. The van der Waals surface area contributed by atoms with Crippen LogP contribution in [-0.4, -0.2) is 75.7 Å². The van der Waals surface area contributed by atoms with Crippen molar-refractivity contribution in [2.24, 2.45) is 0 Å². The lowest BCUT2D eigenvalue weighted by atomic mass is 9.89. The zero-order valence-corrected chi connectivity index (χ0v) is 19.3. The number of amides is 1. The first-order valence-electron chi connectivity index (χ1n) is 11.9. The van der Waals surface area contributed by atoms with Crippen LogP contribution in [0.2, 0.25) is 0 Å². The van der Waals surface area contributed by atoms with Crippen LogP contribution in [0.4, 0.5) is 20.4 Å². The number of anilines is 2. The fraction of sp³-hybridized carbons (Fsp3) is 0.542. The van der Waals surface area contributed by atoms with Crippen molar-refractivity contribution in [3.63, 3.8) is 0 Å². The van der Waals surface area contributed by atoms with Crippen molar-refractivity contribution in [1.29, 1.82) is 0 Å². The summed E-state index contributed by atoms with van der Waals surface area (Å²) in [5.74, 6) is 0.434. The van der Waals surface area contributed by atoms with Crippen LogP contribution >= 0.6 is 0 Å². The number of carbonyl (C=O) groups is 1. The van der Waals surface area contributed by atoms with E-state index in [-0.39, 0.29) is 18.1 Å². The lowest BCUT2D eigenvalue weighted by molar-refractivity contribution is -0.129. The third kappa shape index (κ3) is 4.83. The van der Waals surface area contributed by atoms with E-state index in [0.717, 1.165) is 36.4 Å². The highest BCUT2D eigenvalue weighted by atomic mass is 19.1. The topological polar surface area (TPSA) is 84.8 Å². The van der Waals surface area contributed by atoms with Gasteiger partial charge in [-0.05, 0) is 18.9 Å². The molecule has 0 radical (unpaired) electrons. The average molecular weight is 473 g/mol. The molecule has 8 nitrogen and oxygen atoms in total. The largest absolute Gasteiger partial charge is 0.393 e. The van der Waals surface area contributed by atoms with Crippen molar-refractivity contribution in [1.82, 2.24) is 19.8 Å². The molecule has 3 aliphatic rings. The first kappa shape index (κ1) is 22.9. The van der Waals surface area contributed by atoms with Crippen LogP contribution in [0.25, 0.3) is 0 Å². The van der Waals surface area contributed by atoms with Crippen molar-refractivity contribution in [3.05, 3.63) is 46.8 Å². The van der Waals surface area contributed by atoms with E-state index >= 15 is 0 Å². The van der Waals surface area contributed by atoms with E-state index in [1.165, 1.54) is 12.1 Å². The maximum Gasteiger partial charge on any atom is 0.219 e. The summed E-state index contributed by atoms with van der Waals surface area (Å²) < 4.78 is 27.3. The van der Waals surface area contributed by atoms with Crippen LogP contribution in [-0.2, 0) is 24.3 Å². The summed E-state index contributed by atoms with van der Waals surface area (Å²) in [4.78, 5) is 27.8. The summed E-state index contributed by atoms with van der Waals surface area (Å²) >= 11 is 0. The Labute approximate surface area is 197 Å². The van der Waals surface area contributed by atoms with E-state index in [9.17, 15) is 18.7 Å². The van der Waals surface area contributed by atoms with Gasteiger partial charge in [0.05, 0.1) is 24.0 Å². The second-order valence-corrected chi connectivity index (χ2v) is 9.45. The number of aromatic nitrogens is 2. The minimum Gasteiger partial charge on any atom is -0.393 e. The Morgan fingerprint density at radius 1 is 1.12 bits per heavy atom. The third-order valence-electron chi connectivity index (χ3n) is 6.97. The van der Waals surface area contributed by atoms with Crippen LogP contribution in [0, 0.1) is 11.6 Å². The van der Waals surface area contributed by atoms with Crippen molar-refractivity contribution in [3.8, 4) is 0 Å². The molecule has 2 aromatic rings. The van der Waals surface area contributed by atoms with Gasteiger partial charge >= 0.3 is 0 Å². The van der Waals surface area contributed by atoms with Crippen molar-refractivity contribution >= 4 is 17.5 Å². The highest BCUT2D eigenvalue weighted by Gasteiger charge is 2.31. The SMILES string of the molecule is CC(=O)N1CCc2nc(N3CCN(Cc4ccc(F)cc4F)CC3)c(NC3CC(O)C3)nc2C1. The van der Waals surface area contributed by atoms with Crippen LogP contribution in [0.5, 0.6) is 0 Å². The van der Waals surface area contributed by atoms with Crippen molar-refractivity contribution in [2.75, 3.05) is 42.9 Å². The van der Waals surface area contributed by atoms with Gasteiger partial charge in [-0.3, -0.25) is 9.69 Å². The van der Waals surface area contributed by atoms with Crippen LogP contribution in [0.3, 0.4) is 0 Å². The Morgan fingerprint density at radius 2 is 1.88 bits per heavy atom. The molecule has 34 heavy (non-hydrogen) atoms. The first-order chi connectivity index (χ1) is 16.4. The number of nitrogens with zero attached hydrogens (tertiary/aromatic N) is 5. The number of fused-ring (bicyclic) bond motifs is 1. The Morgan fingerprint density at radius 3 is 2.56 bits per heavy atom. The molecule has 1 aromatic carbocycles. The number of carbonyl (C=O) groups excluding carboxylic acids is 1. The van der Waals surface area contributed by atoms with Crippen molar-refractivity contribution < 1.29 is 18.7 Å². The predicted molar refractivity (Wildman–Crippen MR) is 123 cm³/mol. The van der Waals surface area contributed by atoms with Gasteiger partial charge in [0.2, 0.25) is 5.91 Å². The van der Waals surface area contributed by atoms with E-state index in [2.05, 4.69) is 15.1 Å². The summed E-state index contributed by atoms with van der Waals surface area (Å²) in [6.07, 6.45) is 1.74. The van der Waals surface area contributed by atoms with Gasteiger partial charge in [0, 0.05) is 70.3 Å². The highest BCUT2D eigenvalue weighted by molar-refractivity contribution is 5.73. The molecule has 0 bridgehead atoms. The fourth-order valence-corrected chi connectivity index (χ4v) is 4.82. The quantitative estimate of drug-likeness (QED) is 0.688. The molecule has 1 aliphatic carbocycles. The number of aliphatic hydroxyl groups is 1. The summed E-state index contributed by atoms with van der Waals surface area (Å²) in [5, 5.41) is 13.2. The molecule has 2 fully saturated rings. The van der Waals surface area contributed by atoms with Crippen LogP contribution in [0.1, 0.15) is 36.7 Å². The number of hydrogen-bond donors (Lipinski definition) is 2. The Bertz CT molecular complexity index is 1070. The molecule has 1 saturated carbocycles. The summed E-state index contributed by atoms with van der Waals surface area (Å²) in [7, 11) is 0. The molecular formula is C24H30F2N6O2. The minimum absolute atomic E-state index is 0.0295. The normalized spacial score (nSPS) is 22.8. The minimum atomic E-state index is -0.567. The maximum absolute atomic E-state index is 14.1. The van der Waals surface area contributed by atoms with E-state index < -0.39 is 11.6 Å². The van der Waals surface area contributed by atoms with Gasteiger partial charge in [0.15, 0.2) is 11.6 Å². The molecule has 182 valence electrons. The zero-order valence-electron chi connectivity index (χ0n) is 19.3. The second kappa shape index (κ2) is 9.42. The first-order valence-corrected chi connectivity index (χ1v) is 11.9. The smallest absolute Gasteiger partial charge is 0.219 e. The van der Waals surface area contributed by atoms with Gasteiger partial charge in [-0.25, -0.2) is 18.7 Å². The third-order valence-corrected chi connectivity index (χ3v) is 6.97. The fourth-order valence-electron chi connectivity index (χ4n) is 4.82. The molecule has 0 atom stereocenters. The van der Waals surface area contributed by atoms with Gasteiger partial charge in [0.25, 0.3) is 0 Å². The number of hydrogen-bond acceptors (Lipinski definition) is 7. The Kier molecular flexibility index (Phi) is 6.35. The maximum atomic E-state index is 14.1. The summed E-state index contributed by atoms with van der Waals surface area (Å²) in [6.45, 7) is 5.94. The van der Waals surface area contributed by atoms with Crippen LogP contribution in [0.15, 0.2) is 18.2 Å². The van der Waals surface area contributed by atoms with E-state index in [0.29, 0.717) is 63.4 Å². The average Bonchev–Trinajstić information content (AvgIpc) is 2.79. The van der Waals surface area contributed by atoms with E-state index in [4.69, 9.17) is 9.97 Å². The summed E-state index contributed by atoms with van der Waals surface area (Å²) in [6, 6.07) is 3.87. The van der Waals surface area contributed by atoms with Gasteiger partial charge in [-0.1, -0.05) is 6.07 Å². The molecule has 0 spiro atoms. The molecule has 3 heterocycles. The van der Waals surface area contributed by atoms with E-state index in [1.807, 2.05) is 0 Å². The molecule has 10 heteroatoms. The number of nitrogens with one attached hydrogen (secondary N) is 1.